The maximum Gasteiger partial charge on any atom is 0.317 e. The Morgan fingerprint density at radius 3 is 2.64 bits per heavy atom. The van der Waals surface area contributed by atoms with E-state index in [0.717, 1.165) is 32.4 Å². The zero-order valence-corrected chi connectivity index (χ0v) is 6.68. The Morgan fingerprint density at radius 1 is 1.36 bits per heavy atom. The first-order valence-electron chi connectivity index (χ1n) is 3.90. The highest BCUT2D eigenvalue weighted by molar-refractivity contribution is 5.68. The van der Waals surface area contributed by atoms with Gasteiger partial charge in [0.2, 0.25) is 0 Å². The van der Waals surface area contributed by atoms with E-state index in [0.29, 0.717) is 0 Å². The van der Waals surface area contributed by atoms with Crippen molar-refractivity contribution in [1.29, 1.82) is 0 Å². The highest BCUT2D eigenvalue weighted by atomic mass is 16.4. The monoisotopic (exact) mass is 160 g/mol. The zero-order chi connectivity index (χ0) is 8.53. The molecule has 4 N–H and O–H groups in total. The summed E-state index contributed by atoms with van der Waals surface area (Å²) in [6.45, 7) is 1.55. The summed E-state index contributed by atoms with van der Waals surface area (Å²) < 4.78 is 0. The highest BCUT2D eigenvalue weighted by Gasteiger charge is 1.93. The van der Waals surface area contributed by atoms with Gasteiger partial charge < -0.3 is 16.2 Å². The summed E-state index contributed by atoms with van der Waals surface area (Å²) in [5, 5.41) is 11.0. The average Bonchev–Trinajstić information content (AvgIpc) is 1.96. The molecular formula is C7H16N2O2. The van der Waals surface area contributed by atoms with Gasteiger partial charge in [-0.3, -0.25) is 4.79 Å². The lowest BCUT2D eigenvalue weighted by molar-refractivity contribution is -0.135. The molecular weight excluding hydrogens is 144 g/mol. The largest absolute Gasteiger partial charge is 0.480 e. The molecule has 0 aromatic rings. The number of rotatable bonds is 7. The number of hydrogen-bond donors (Lipinski definition) is 3. The molecule has 11 heavy (non-hydrogen) atoms. The van der Waals surface area contributed by atoms with Crippen molar-refractivity contribution in [3.8, 4) is 0 Å². The molecule has 0 saturated heterocycles. The quantitative estimate of drug-likeness (QED) is 0.450. The number of carbonyl (C=O) groups is 1. The van der Waals surface area contributed by atoms with Crippen molar-refractivity contribution in [2.45, 2.75) is 19.3 Å². The third-order valence-corrected chi connectivity index (χ3v) is 1.33. The van der Waals surface area contributed by atoms with E-state index in [9.17, 15) is 4.79 Å². The lowest BCUT2D eigenvalue weighted by Crippen LogP contribution is -2.23. The van der Waals surface area contributed by atoms with Gasteiger partial charge in [0.1, 0.15) is 0 Å². The predicted molar refractivity (Wildman–Crippen MR) is 43.4 cm³/mol. The van der Waals surface area contributed by atoms with E-state index in [2.05, 4.69) is 5.32 Å². The van der Waals surface area contributed by atoms with Crippen LogP contribution >= 0.6 is 0 Å². The number of nitrogens with one attached hydrogen (secondary N) is 1. The van der Waals surface area contributed by atoms with Gasteiger partial charge in [-0.2, -0.15) is 0 Å². The first-order chi connectivity index (χ1) is 5.27. The fraction of sp³-hybridized carbons (Fsp3) is 0.857. The van der Waals surface area contributed by atoms with Crippen LogP contribution in [0, 0.1) is 0 Å². The standard InChI is InChI=1S/C7H16N2O2/c8-4-2-1-3-5-9-6-7(10)11/h9H,1-6,8H2,(H,10,11). The normalized spacial score (nSPS) is 9.91. The summed E-state index contributed by atoms with van der Waals surface area (Å²) in [6.07, 6.45) is 3.10. The van der Waals surface area contributed by atoms with Crippen LogP contribution in [0.5, 0.6) is 0 Å². The molecule has 0 aromatic heterocycles. The van der Waals surface area contributed by atoms with Crippen molar-refractivity contribution in [3.05, 3.63) is 0 Å². The molecule has 0 bridgehead atoms. The van der Waals surface area contributed by atoms with Gasteiger partial charge in [0, 0.05) is 0 Å². The lowest BCUT2D eigenvalue weighted by Gasteiger charge is -1.99. The van der Waals surface area contributed by atoms with Gasteiger partial charge in [-0.25, -0.2) is 0 Å². The van der Waals surface area contributed by atoms with Crippen LogP contribution < -0.4 is 11.1 Å². The summed E-state index contributed by atoms with van der Waals surface area (Å²) >= 11 is 0. The van der Waals surface area contributed by atoms with E-state index in [1.807, 2.05) is 0 Å². The second-order valence-corrected chi connectivity index (χ2v) is 2.42. The predicted octanol–water partition coefficient (Wildman–Crippen LogP) is -0.210. The van der Waals surface area contributed by atoms with Crippen LogP contribution in [0.15, 0.2) is 0 Å². The number of aliphatic carboxylic acids is 1. The fourth-order valence-electron chi connectivity index (χ4n) is 0.766. The number of unbranched alkanes of at least 4 members (excludes halogenated alkanes) is 2. The molecule has 4 nitrogen and oxygen atoms in total. The van der Waals surface area contributed by atoms with Crippen molar-refractivity contribution in [2.75, 3.05) is 19.6 Å². The molecule has 0 aromatic carbocycles. The van der Waals surface area contributed by atoms with Gasteiger partial charge in [-0.1, -0.05) is 6.42 Å². The van der Waals surface area contributed by atoms with Crippen molar-refractivity contribution in [3.63, 3.8) is 0 Å². The molecule has 0 fully saturated rings. The lowest BCUT2D eigenvalue weighted by atomic mass is 10.2. The van der Waals surface area contributed by atoms with Crippen molar-refractivity contribution >= 4 is 5.97 Å². The third kappa shape index (κ3) is 9.39. The van der Waals surface area contributed by atoms with Gasteiger partial charge in [0.05, 0.1) is 6.54 Å². The molecule has 4 heteroatoms. The van der Waals surface area contributed by atoms with Crippen LogP contribution in [0.2, 0.25) is 0 Å². The molecule has 0 atom stereocenters. The van der Waals surface area contributed by atoms with Crippen LogP contribution in [0.1, 0.15) is 19.3 Å². The highest BCUT2D eigenvalue weighted by Crippen LogP contribution is 1.90. The SMILES string of the molecule is NCCCCCNCC(=O)O. The van der Waals surface area contributed by atoms with Crippen molar-refractivity contribution in [2.24, 2.45) is 5.73 Å². The van der Waals surface area contributed by atoms with E-state index in [1.165, 1.54) is 0 Å². The summed E-state index contributed by atoms with van der Waals surface area (Å²) in [4.78, 5) is 10.0. The smallest absolute Gasteiger partial charge is 0.317 e. The number of hydrogen-bond acceptors (Lipinski definition) is 3. The van der Waals surface area contributed by atoms with Gasteiger partial charge in [-0.15, -0.1) is 0 Å². The molecule has 0 rings (SSSR count). The van der Waals surface area contributed by atoms with Gasteiger partial charge in [-0.05, 0) is 25.9 Å². The maximum atomic E-state index is 10.0. The van der Waals surface area contributed by atoms with E-state index in [1.54, 1.807) is 0 Å². The summed E-state index contributed by atoms with van der Waals surface area (Å²) in [5.74, 6) is -0.802. The molecule has 0 spiro atoms. The Bertz CT molecular complexity index is 107. The molecule has 0 aliphatic rings. The Balaban J connectivity index is 2.85. The molecule has 0 aliphatic heterocycles. The van der Waals surface area contributed by atoms with Gasteiger partial charge in [0.15, 0.2) is 0 Å². The van der Waals surface area contributed by atoms with Crippen LogP contribution in [0.3, 0.4) is 0 Å². The second kappa shape index (κ2) is 7.50. The first kappa shape index (κ1) is 10.4. The minimum atomic E-state index is -0.802. The Morgan fingerprint density at radius 2 is 2.09 bits per heavy atom. The van der Waals surface area contributed by atoms with Crippen LogP contribution in [0.4, 0.5) is 0 Å². The average molecular weight is 160 g/mol. The molecule has 0 radical (unpaired) electrons. The molecule has 66 valence electrons. The van der Waals surface area contributed by atoms with Crippen LogP contribution in [0.25, 0.3) is 0 Å². The van der Waals surface area contributed by atoms with Crippen LogP contribution in [-0.4, -0.2) is 30.7 Å². The summed E-state index contributed by atoms with van der Waals surface area (Å²) in [6, 6.07) is 0. The zero-order valence-electron chi connectivity index (χ0n) is 6.68. The van der Waals surface area contributed by atoms with Gasteiger partial charge >= 0.3 is 5.97 Å². The second-order valence-electron chi connectivity index (χ2n) is 2.42. The van der Waals surface area contributed by atoms with Gasteiger partial charge in [0.25, 0.3) is 0 Å². The molecule has 0 unspecified atom stereocenters. The van der Waals surface area contributed by atoms with E-state index in [4.69, 9.17) is 10.8 Å². The topological polar surface area (TPSA) is 75.3 Å². The number of carboxylic acid groups (broad SMARTS) is 1. The molecule has 0 saturated carbocycles. The maximum absolute atomic E-state index is 10.0. The van der Waals surface area contributed by atoms with Crippen LogP contribution in [-0.2, 0) is 4.79 Å². The van der Waals surface area contributed by atoms with Crippen molar-refractivity contribution in [1.82, 2.24) is 5.32 Å². The Kier molecular flexibility index (Phi) is 7.08. The molecule has 0 amide bonds. The number of carboxylic acids is 1. The first-order valence-corrected chi connectivity index (χ1v) is 3.90. The minimum absolute atomic E-state index is 0.0582. The summed E-state index contributed by atoms with van der Waals surface area (Å²) in [5.41, 5.74) is 5.28. The van der Waals surface area contributed by atoms with E-state index >= 15 is 0 Å². The molecule has 0 heterocycles. The Labute approximate surface area is 66.8 Å². The van der Waals surface area contributed by atoms with Crippen molar-refractivity contribution < 1.29 is 9.90 Å². The Hall–Kier alpha value is -0.610. The minimum Gasteiger partial charge on any atom is -0.480 e. The summed E-state index contributed by atoms with van der Waals surface area (Å²) in [7, 11) is 0. The number of nitrogens with two attached hydrogens (primary N) is 1. The third-order valence-electron chi connectivity index (χ3n) is 1.33. The fourth-order valence-corrected chi connectivity index (χ4v) is 0.766. The van der Waals surface area contributed by atoms with E-state index in [-0.39, 0.29) is 6.54 Å². The van der Waals surface area contributed by atoms with E-state index < -0.39 is 5.97 Å². The molecule has 0 aliphatic carbocycles.